The molecule has 0 heterocycles. The number of ether oxygens (including phenoxy) is 2. The minimum atomic E-state index is -0.505. The molecule has 0 aromatic heterocycles. The van der Waals surface area contributed by atoms with Crippen molar-refractivity contribution in [3.8, 4) is 11.8 Å². The van der Waals surface area contributed by atoms with Gasteiger partial charge in [-0.05, 0) is 57.1 Å². The molecule has 0 amide bonds. The van der Waals surface area contributed by atoms with Crippen molar-refractivity contribution in [2.75, 3.05) is 26.3 Å². The molecule has 1 aromatic rings. The maximum Gasteiger partial charge on any atom is 0.108 e. The van der Waals surface area contributed by atoms with E-state index >= 15 is 0 Å². The van der Waals surface area contributed by atoms with Gasteiger partial charge >= 0.3 is 0 Å². The summed E-state index contributed by atoms with van der Waals surface area (Å²) in [6, 6.07) is 8.52. The van der Waals surface area contributed by atoms with Crippen LogP contribution >= 0.6 is 21.6 Å². The van der Waals surface area contributed by atoms with Gasteiger partial charge < -0.3 is 19.7 Å². The number of hydrogen-bond donors (Lipinski definition) is 2. The van der Waals surface area contributed by atoms with Gasteiger partial charge in [-0.3, -0.25) is 0 Å². The lowest BCUT2D eigenvalue weighted by atomic mass is 9.82. The van der Waals surface area contributed by atoms with E-state index in [1.165, 1.54) is 23.3 Å². The van der Waals surface area contributed by atoms with E-state index in [1.807, 2.05) is 0 Å². The number of aliphatic hydroxyl groups excluding tert-OH is 2. The lowest BCUT2D eigenvalue weighted by Gasteiger charge is -2.27. The van der Waals surface area contributed by atoms with E-state index in [2.05, 4.69) is 43.0 Å². The molecule has 4 nitrogen and oxygen atoms in total. The molecule has 2 rings (SSSR count). The second-order valence-electron chi connectivity index (χ2n) is 8.32. The lowest BCUT2D eigenvalue weighted by molar-refractivity contribution is -0.0355. The number of benzene rings is 1. The van der Waals surface area contributed by atoms with Gasteiger partial charge in [-0.1, -0.05) is 70.4 Å². The Hall–Kier alpha value is -0.680. The average molecular weight is 467 g/mol. The van der Waals surface area contributed by atoms with Crippen LogP contribution in [-0.2, 0) is 9.47 Å². The normalized spacial score (nSPS) is 21.4. The van der Waals surface area contributed by atoms with E-state index in [0.29, 0.717) is 30.8 Å². The minimum absolute atomic E-state index is 0.0448. The Morgan fingerprint density at radius 1 is 1.13 bits per heavy atom. The largest absolute Gasteiger partial charge is 0.396 e. The molecule has 4 unspecified atom stereocenters. The quantitative estimate of drug-likeness (QED) is 0.196. The third kappa shape index (κ3) is 11.1. The van der Waals surface area contributed by atoms with Crippen molar-refractivity contribution in [2.45, 2.75) is 75.4 Å². The Balaban J connectivity index is 1.64. The second kappa shape index (κ2) is 16.0. The van der Waals surface area contributed by atoms with E-state index in [4.69, 9.17) is 14.6 Å². The summed E-state index contributed by atoms with van der Waals surface area (Å²) in [5.41, 5.74) is 1.28. The maximum absolute atomic E-state index is 10.5. The number of aliphatic hydroxyl groups is 2. The van der Waals surface area contributed by atoms with Gasteiger partial charge in [0.2, 0.25) is 0 Å². The van der Waals surface area contributed by atoms with Crippen molar-refractivity contribution in [3.63, 3.8) is 0 Å². The van der Waals surface area contributed by atoms with Crippen LogP contribution in [0.15, 0.2) is 29.2 Å². The number of hydrogen-bond acceptors (Lipinski definition) is 6. The van der Waals surface area contributed by atoms with Crippen molar-refractivity contribution in [1.29, 1.82) is 0 Å². The molecule has 0 radical (unpaired) electrons. The topological polar surface area (TPSA) is 58.9 Å². The van der Waals surface area contributed by atoms with Gasteiger partial charge in [0.05, 0.1) is 12.2 Å². The molecule has 0 spiro atoms. The van der Waals surface area contributed by atoms with Gasteiger partial charge in [0.25, 0.3) is 0 Å². The summed E-state index contributed by atoms with van der Waals surface area (Å²) in [4.78, 5) is 1.24. The van der Waals surface area contributed by atoms with Crippen molar-refractivity contribution in [3.05, 3.63) is 29.8 Å². The lowest BCUT2D eigenvalue weighted by Crippen LogP contribution is -2.31. The van der Waals surface area contributed by atoms with Crippen LogP contribution in [0, 0.1) is 30.6 Å². The molecular formula is C25H38O4S2. The maximum atomic E-state index is 10.5. The van der Waals surface area contributed by atoms with Crippen LogP contribution in [0.2, 0.25) is 0 Å². The Kier molecular flexibility index (Phi) is 13.7. The van der Waals surface area contributed by atoms with Gasteiger partial charge in [-0.15, -0.1) is 0 Å². The molecule has 1 saturated carbocycles. The van der Waals surface area contributed by atoms with Crippen molar-refractivity contribution in [1.82, 2.24) is 0 Å². The fraction of sp³-hybridized carbons (Fsp3) is 0.680. The van der Waals surface area contributed by atoms with Crippen molar-refractivity contribution < 1.29 is 19.7 Å². The third-order valence-corrected chi connectivity index (χ3v) is 7.91. The van der Waals surface area contributed by atoms with Crippen LogP contribution in [0.1, 0.15) is 56.9 Å². The Morgan fingerprint density at radius 3 is 2.65 bits per heavy atom. The highest BCUT2D eigenvalue weighted by Crippen LogP contribution is 2.31. The van der Waals surface area contributed by atoms with Crippen LogP contribution in [0.25, 0.3) is 0 Å². The molecule has 4 atom stereocenters. The monoisotopic (exact) mass is 466 g/mol. The van der Waals surface area contributed by atoms with Gasteiger partial charge in [0.15, 0.2) is 0 Å². The van der Waals surface area contributed by atoms with Gasteiger partial charge in [0.1, 0.15) is 12.5 Å². The smallest absolute Gasteiger partial charge is 0.108 e. The number of aryl methyl sites for hydroxylation is 1. The van der Waals surface area contributed by atoms with E-state index in [9.17, 15) is 5.11 Å². The Labute approximate surface area is 196 Å². The summed E-state index contributed by atoms with van der Waals surface area (Å²) in [5.74, 6) is 8.20. The summed E-state index contributed by atoms with van der Waals surface area (Å²) in [6.07, 6.45) is 7.34. The summed E-state index contributed by atoms with van der Waals surface area (Å²) in [6.45, 7) is 2.62. The Bertz CT molecular complexity index is 656. The molecule has 1 fully saturated rings. The highest BCUT2D eigenvalue weighted by Gasteiger charge is 2.24. The van der Waals surface area contributed by atoms with E-state index in [0.717, 1.165) is 32.1 Å². The Morgan fingerprint density at radius 2 is 1.90 bits per heavy atom. The predicted octanol–water partition coefficient (Wildman–Crippen LogP) is 5.45. The zero-order chi connectivity index (χ0) is 22.3. The second-order valence-corrected chi connectivity index (χ2v) is 10.6. The zero-order valence-electron chi connectivity index (χ0n) is 18.9. The summed E-state index contributed by atoms with van der Waals surface area (Å²) in [5, 5.41) is 19.6. The molecule has 0 saturated heterocycles. The molecule has 2 N–H and O–H groups in total. The summed E-state index contributed by atoms with van der Waals surface area (Å²) >= 11 is 0. The highest BCUT2D eigenvalue weighted by atomic mass is 33.1. The molecule has 0 bridgehead atoms. The van der Waals surface area contributed by atoms with Gasteiger partial charge in [-0.25, -0.2) is 0 Å². The van der Waals surface area contributed by atoms with Crippen LogP contribution in [0.3, 0.4) is 0 Å². The average Bonchev–Trinajstić information content (AvgIpc) is 2.76. The number of methoxy groups -OCH3 is 1. The van der Waals surface area contributed by atoms with Crippen molar-refractivity contribution >= 4 is 21.6 Å². The zero-order valence-corrected chi connectivity index (χ0v) is 20.6. The van der Waals surface area contributed by atoms with Crippen LogP contribution < -0.4 is 0 Å². The molecule has 31 heavy (non-hydrogen) atoms. The van der Waals surface area contributed by atoms with E-state index in [-0.39, 0.29) is 12.7 Å². The SMILES string of the molecule is COC(CCO)C(O)CC1CCCCC(C#CCOCSSc2ccc(C)cc2)CC1. The predicted molar refractivity (Wildman–Crippen MR) is 131 cm³/mol. The number of rotatable bonds is 11. The van der Waals surface area contributed by atoms with E-state index < -0.39 is 6.10 Å². The molecule has 1 aliphatic carbocycles. The molecular weight excluding hydrogens is 428 g/mol. The van der Waals surface area contributed by atoms with Crippen LogP contribution in [0.5, 0.6) is 0 Å². The minimum Gasteiger partial charge on any atom is -0.396 e. The summed E-state index contributed by atoms with van der Waals surface area (Å²) < 4.78 is 11.0. The molecule has 174 valence electrons. The van der Waals surface area contributed by atoms with Gasteiger partial charge in [-0.2, -0.15) is 0 Å². The molecule has 1 aromatic carbocycles. The fourth-order valence-corrected chi connectivity index (χ4v) is 5.69. The van der Waals surface area contributed by atoms with E-state index in [1.54, 1.807) is 28.7 Å². The first-order valence-corrected chi connectivity index (χ1v) is 13.7. The van der Waals surface area contributed by atoms with Crippen LogP contribution in [0.4, 0.5) is 0 Å². The first-order valence-electron chi connectivity index (χ1n) is 11.4. The molecule has 6 heteroatoms. The highest BCUT2D eigenvalue weighted by molar-refractivity contribution is 8.76. The fourth-order valence-electron chi connectivity index (χ4n) is 4.02. The van der Waals surface area contributed by atoms with Crippen LogP contribution in [-0.4, -0.2) is 48.7 Å². The first-order chi connectivity index (χ1) is 15.1. The standard InChI is InChI=1S/C25H38O4S2/c1-20-9-13-23(14-10-20)31-30-19-29-17-5-8-21-6-3-4-7-22(12-11-21)18-24(27)25(28-2)15-16-26/h9-10,13-14,21-22,24-27H,3-4,6-7,11-12,15-19H2,1-2H3. The van der Waals surface area contributed by atoms with Crippen molar-refractivity contribution in [2.24, 2.45) is 11.8 Å². The first kappa shape index (κ1) is 26.6. The third-order valence-electron chi connectivity index (χ3n) is 5.85. The molecule has 1 aliphatic rings. The summed E-state index contributed by atoms with van der Waals surface area (Å²) in [7, 11) is 5.03. The molecule has 0 aliphatic heterocycles. The van der Waals surface area contributed by atoms with Gasteiger partial charge in [0, 0.05) is 24.5 Å².